The Morgan fingerprint density at radius 3 is 2.46 bits per heavy atom. The number of piperidine rings is 1. The largest absolute Gasteiger partial charge is 0.437 e. The molecule has 1 aliphatic heterocycles. The summed E-state index contributed by atoms with van der Waals surface area (Å²) in [5.41, 5.74) is -0.358. The lowest BCUT2D eigenvalue weighted by molar-refractivity contribution is -0.141. The van der Waals surface area contributed by atoms with Crippen molar-refractivity contribution in [3.8, 4) is 11.6 Å². The van der Waals surface area contributed by atoms with Gasteiger partial charge < -0.3 is 9.64 Å². The monoisotopic (exact) mass is 396 g/mol. The molecule has 148 valence electrons. The first-order valence-corrected chi connectivity index (χ1v) is 8.40. The molecule has 1 fully saturated rings. The lowest BCUT2D eigenvalue weighted by Crippen LogP contribution is -2.38. The van der Waals surface area contributed by atoms with Crippen molar-refractivity contribution in [1.82, 2.24) is 19.9 Å². The van der Waals surface area contributed by atoms with E-state index >= 15 is 0 Å². The Morgan fingerprint density at radius 2 is 1.89 bits per heavy atom. The molecule has 10 heteroatoms. The van der Waals surface area contributed by atoms with Crippen LogP contribution in [0.2, 0.25) is 0 Å². The number of carbonyl (C=O) groups is 1. The second-order valence-electron chi connectivity index (χ2n) is 6.23. The van der Waals surface area contributed by atoms with Gasteiger partial charge in [0, 0.05) is 24.8 Å². The summed E-state index contributed by atoms with van der Waals surface area (Å²) in [6.07, 6.45) is 0.345. The molecule has 0 radical (unpaired) electrons. The first-order valence-electron chi connectivity index (χ1n) is 8.40. The minimum absolute atomic E-state index is 0.0458. The van der Waals surface area contributed by atoms with Crippen LogP contribution in [0.3, 0.4) is 0 Å². The number of alkyl halides is 3. The molecule has 1 saturated heterocycles. The minimum Gasteiger partial charge on any atom is -0.437 e. The summed E-state index contributed by atoms with van der Waals surface area (Å²) in [7, 11) is 0. The van der Waals surface area contributed by atoms with Crippen LogP contribution in [0, 0.1) is 0 Å². The van der Waals surface area contributed by atoms with E-state index < -0.39 is 23.6 Å². The maximum Gasteiger partial charge on any atom is 0.433 e. The van der Waals surface area contributed by atoms with Gasteiger partial charge in [0.05, 0.1) is 6.20 Å². The molecule has 0 saturated carbocycles. The van der Waals surface area contributed by atoms with E-state index in [0.29, 0.717) is 31.5 Å². The topological polar surface area (TPSA) is 68.2 Å². The quantitative estimate of drug-likeness (QED) is 0.580. The first kappa shape index (κ1) is 19.7. The van der Waals surface area contributed by atoms with E-state index in [1.165, 1.54) is 11.2 Å². The average molecular weight is 396 g/mol. The number of pyridine rings is 1. The number of ether oxygens (including phenoxy) is 1. The molecule has 28 heavy (non-hydrogen) atoms. The van der Waals surface area contributed by atoms with Crippen LogP contribution in [-0.4, -0.2) is 38.8 Å². The standard InChI is InChI=1S/C18H16F4N4O2/c1-11(19)17(27)26-6-4-12(5-7-26)14-9-23-10-25-16(14)28-13-2-3-15(24-8-13)18(20,21)22/h2-3,8-10,12H,1,4-7H2. The van der Waals surface area contributed by atoms with Gasteiger partial charge in [0.2, 0.25) is 5.88 Å². The summed E-state index contributed by atoms with van der Waals surface area (Å²) in [4.78, 5) is 24.4. The second-order valence-corrected chi connectivity index (χ2v) is 6.23. The van der Waals surface area contributed by atoms with E-state index in [1.54, 1.807) is 6.20 Å². The third-order valence-electron chi connectivity index (χ3n) is 4.40. The molecule has 0 bridgehead atoms. The van der Waals surface area contributed by atoms with Crippen molar-refractivity contribution in [1.29, 1.82) is 0 Å². The fraction of sp³-hybridized carbons (Fsp3) is 0.333. The van der Waals surface area contributed by atoms with Crippen LogP contribution in [0.4, 0.5) is 17.6 Å². The van der Waals surface area contributed by atoms with E-state index in [4.69, 9.17) is 4.74 Å². The summed E-state index contributed by atoms with van der Waals surface area (Å²) in [5, 5.41) is 0. The van der Waals surface area contributed by atoms with Crippen LogP contribution in [0.1, 0.15) is 30.0 Å². The highest BCUT2D eigenvalue weighted by molar-refractivity contribution is 5.90. The van der Waals surface area contributed by atoms with Crippen LogP contribution >= 0.6 is 0 Å². The van der Waals surface area contributed by atoms with Crippen molar-refractivity contribution >= 4 is 5.91 Å². The van der Waals surface area contributed by atoms with Gasteiger partial charge in [-0.25, -0.2) is 19.3 Å². The van der Waals surface area contributed by atoms with Crippen molar-refractivity contribution in [3.05, 3.63) is 54.5 Å². The molecular formula is C18H16F4N4O2. The van der Waals surface area contributed by atoms with Crippen molar-refractivity contribution in [2.75, 3.05) is 13.1 Å². The van der Waals surface area contributed by atoms with E-state index in [9.17, 15) is 22.4 Å². The second kappa shape index (κ2) is 7.91. The smallest absolute Gasteiger partial charge is 0.433 e. The number of carbonyl (C=O) groups excluding carboxylic acids is 1. The SMILES string of the molecule is C=C(F)C(=O)N1CCC(c2cncnc2Oc2ccc(C(F)(F)F)nc2)CC1. The highest BCUT2D eigenvalue weighted by atomic mass is 19.4. The molecule has 6 nitrogen and oxygen atoms in total. The molecule has 3 heterocycles. The highest BCUT2D eigenvalue weighted by Gasteiger charge is 2.32. The first-order chi connectivity index (χ1) is 13.3. The number of hydrogen-bond donors (Lipinski definition) is 0. The summed E-state index contributed by atoms with van der Waals surface area (Å²) in [6, 6.07) is 1.99. The Bertz CT molecular complexity index is 863. The van der Waals surface area contributed by atoms with Gasteiger partial charge in [-0.2, -0.15) is 13.2 Å². The van der Waals surface area contributed by atoms with Crippen molar-refractivity contribution in [2.45, 2.75) is 24.9 Å². The zero-order valence-corrected chi connectivity index (χ0v) is 14.6. The van der Waals surface area contributed by atoms with Crippen molar-refractivity contribution < 1.29 is 27.1 Å². The number of amides is 1. The van der Waals surface area contributed by atoms with Crippen LogP contribution in [-0.2, 0) is 11.0 Å². The zero-order valence-electron chi connectivity index (χ0n) is 14.6. The van der Waals surface area contributed by atoms with Gasteiger partial charge in [-0.3, -0.25) is 4.79 Å². The Kier molecular flexibility index (Phi) is 5.57. The molecule has 0 unspecified atom stereocenters. The third-order valence-corrected chi connectivity index (χ3v) is 4.40. The van der Waals surface area contributed by atoms with Crippen LogP contribution in [0.15, 0.2) is 43.3 Å². The molecule has 0 spiro atoms. The van der Waals surface area contributed by atoms with Crippen LogP contribution < -0.4 is 4.74 Å². The van der Waals surface area contributed by atoms with Gasteiger partial charge in [0.25, 0.3) is 5.91 Å². The lowest BCUT2D eigenvalue weighted by atomic mass is 9.90. The van der Waals surface area contributed by atoms with Gasteiger partial charge in [-0.05, 0) is 30.9 Å². The molecule has 0 N–H and O–H groups in total. The van der Waals surface area contributed by atoms with E-state index in [1.807, 2.05) is 0 Å². The van der Waals surface area contributed by atoms with Crippen molar-refractivity contribution in [3.63, 3.8) is 0 Å². The van der Waals surface area contributed by atoms with Crippen LogP contribution in [0.25, 0.3) is 0 Å². The Morgan fingerprint density at radius 1 is 1.18 bits per heavy atom. The molecule has 2 aromatic rings. The van der Waals surface area contributed by atoms with Crippen LogP contribution in [0.5, 0.6) is 11.6 Å². The number of hydrogen-bond acceptors (Lipinski definition) is 5. The maximum absolute atomic E-state index is 13.0. The van der Waals surface area contributed by atoms with E-state index in [0.717, 1.165) is 18.3 Å². The van der Waals surface area contributed by atoms with Gasteiger partial charge in [0.1, 0.15) is 17.8 Å². The number of likely N-dealkylation sites (tertiary alicyclic amines) is 1. The predicted molar refractivity (Wildman–Crippen MR) is 90.1 cm³/mol. The van der Waals surface area contributed by atoms with Gasteiger partial charge in [-0.1, -0.05) is 6.58 Å². The molecule has 0 atom stereocenters. The molecule has 0 aliphatic carbocycles. The van der Waals surface area contributed by atoms with Gasteiger partial charge in [0.15, 0.2) is 5.83 Å². The fourth-order valence-electron chi connectivity index (χ4n) is 2.98. The summed E-state index contributed by atoms with van der Waals surface area (Å²) in [6.45, 7) is 3.69. The molecule has 2 aromatic heterocycles. The molecule has 0 aromatic carbocycles. The Hall–Kier alpha value is -3.04. The molecule has 3 rings (SSSR count). The number of halogens is 4. The third kappa shape index (κ3) is 4.44. The van der Waals surface area contributed by atoms with Crippen molar-refractivity contribution in [2.24, 2.45) is 0 Å². The van der Waals surface area contributed by atoms with Gasteiger partial charge in [-0.15, -0.1) is 0 Å². The summed E-state index contributed by atoms with van der Waals surface area (Å²) < 4.78 is 56.4. The summed E-state index contributed by atoms with van der Waals surface area (Å²) in [5.74, 6) is -1.46. The Balaban J connectivity index is 1.72. The van der Waals surface area contributed by atoms with E-state index in [2.05, 4.69) is 21.5 Å². The van der Waals surface area contributed by atoms with Gasteiger partial charge >= 0.3 is 6.18 Å². The maximum atomic E-state index is 13.0. The Labute approximate surface area is 157 Å². The number of rotatable bonds is 4. The number of aromatic nitrogens is 3. The lowest BCUT2D eigenvalue weighted by Gasteiger charge is -2.31. The van der Waals surface area contributed by atoms with E-state index in [-0.39, 0.29) is 17.5 Å². The number of nitrogens with zero attached hydrogens (tertiary/aromatic N) is 4. The predicted octanol–water partition coefficient (Wildman–Crippen LogP) is 3.87. The zero-order chi connectivity index (χ0) is 20.3. The minimum atomic E-state index is -4.53. The summed E-state index contributed by atoms with van der Waals surface area (Å²) >= 11 is 0. The molecule has 1 aliphatic rings. The molecule has 1 amide bonds. The normalized spacial score (nSPS) is 15.4. The average Bonchev–Trinajstić information content (AvgIpc) is 2.68. The molecular weight excluding hydrogens is 380 g/mol. The fourth-order valence-corrected chi connectivity index (χ4v) is 2.98. The highest BCUT2D eigenvalue weighted by Crippen LogP contribution is 2.35.